The van der Waals surface area contributed by atoms with E-state index in [1.54, 1.807) is 0 Å². The first-order valence-corrected chi connectivity index (χ1v) is 10.4. The number of hydrogen-bond acceptors (Lipinski definition) is 1. The molecule has 1 aromatic carbocycles. The molecule has 0 aliphatic heterocycles. The quantitative estimate of drug-likeness (QED) is 0.311. The second-order valence-corrected chi connectivity index (χ2v) is 8.02. The van der Waals surface area contributed by atoms with Gasteiger partial charge in [0.1, 0.15) is 0 Å². The van der Waals surface area contributed by atoms with Gasteiger partial charge in [0.25, 0.3) is 0 Å². The highest BCUT2D eigenvalue weighted by Gasteiger charge is 2.17. The van der Waals surface area contributed by atoms with Crippen molar-refractivity contribution >= 4 is 17.0 Å². The molecule has 0 saturated heterocycles. The van der Waals surface area contributed by atoms with Crippen molar-refractivity contribution in [1.29, 1.82) is 0 Å². The molecule has 1 rings (SSSR count). The van der Waals surface area contributed by atoms with Gasteiger partial charge in [-0.25, -0.2) is 0 Å². The van der Waals surface area contributed by atoms with Crippen LogP contribution in [-0.2, 0) is 12.0 Å². The molecule has 0 fully saturated rings. The van der Waals surface area contributed by atoms with Gasteiger partial charge in [-0.05, 0) is 37.8 Å². The summed E-state index contributed by atoms with van der Waals surface area (Å²) in [6, 6.07) is 8.69. The average Bonchev–Trinajstić information content (AvgIpc) is 2.55. The zero-order valence-electron chi connectivity index (χ0n) is 17.0. The third-order valence-corrected chi connectivity index (χ3v) is 5.01. The van der Waals surface area contributed by atoms with Crippen LogP contribution in [0.2, 0.25) is 0 Å². The number of nitrogens with two attached hydrogens (primary N) is 1. The van der Waals surface area contributed by atoms with Crippen LogP contribution in [0.1, 0.15) is 109 Å². The molecule has 2 heteroatoms. The number of benzene rings is 1. The van der Waals surface area contributed by atoms with Crippen LogP contribution < -0.4 is 5.73 Å². The second-order valence-electron chi connectivity index (χ2n) is 8.02. The van der Waals surface area contributed by atoms with Gasteiger partial charge in [-0.3, -0.25) is 0 Å². The van der Waals surface area contributed by atoms with Gasteiger partial charge in [0.2, 0.25) is 0 Å². The van der Waals surface area contributed by atoms with E-state index < -0.39 is 0 Å². The lowest BCUT2D eigenvalue weighted by Gasteiger charge is -2.23. The normalized spacial score (nSPS) is 11.4. The van der Waals surface area contributed by atoms with Crippen LogP contribution in [0.25, 0.3) is 0 Å². The number of halogens is 1. The van der Waals surface area contributed by atoms with Gasteiger partial charge in [0.05, 0.1) is 0 Å². The fourth-order valence-corrected chi connectivity index (χ4v) is 3.52. The Morgan fingerprint density at radius 3 is 1.64 bits per heavy atom. The summed E-state index contributed by atoms with van der Waals surface area (Å²) in [6.45, 7) is 6.50. The summed E-state index contributed by atoms with van der Waals surface area (Å²) >= 11 is 0. The first kappa shape index (κ1) is 24.7. The first-order valence-electron chi connectivity index (χ1n) is 10.4. The Labute approximate surface area is 167 Å². The van der Waals surface area contributed by atoms with Crippen molar-refractivity contribution < 1.29 is 0 Å². The molecule has 146 valence electrons. The first-order chi connectivity index (χ1) is 11.6. The molecule has 1 aromatic rings. The Morgan fingerprint density at radius 1 is 0.720 bits per heavy atom. The molecule has 0 bridgehead atoms. The topological polar surface area (TPSA) is 26.0 Å². The number of unbranched alkanes of at least 4 members (excludes halogenated alkanes) is 11. The monoisotopic (exact) mass is 411 g/mol. The number of hydrogen-bond donors (Lipinski definition) is 1. The zero-order chi connectivity index (χ0) is 17.7. The van der Waals surface area contributed by atoms with E-state index in [9.17, 15) is 0 Å². The van der Waals surface area contributed by atoms with Gasteiger partial charge in [-0.1, -0.05) is 102 Å². The SMILES string of the molecule is Br.CCCCCCCCCCCCCCc1ccccc1C(C)(C)N. The summed E-state index contributed by atoms with van der Waals surface area (Å²) in [7, 11) is 0. The molecule has 1 nitrogen and oxygen atoms in total. The Morgan fingerprint density at radius 2 is 1.16 bits per heavy atom. The Bertz CT molecular complexity index is 422. The summed E-state index contributed by atoms with van der Waals surface area (Å²) < 4.78 is 0. The number of aryl methyl sites for hydroxylation is 1. The van der Waals surface area contributed by atoms with Gasteiger partial charge in [0.15, 0.2) is 0 Å². The van der Waals surface area contributed by atoms with Crippen molar-refractivity contribution in [3.8, 4) is 0 Å². The second kappa shape index (κ2) is 14.8. The zero-order valence-corrected chi connectivity index (χ0v) is 18.7. The van der Waals surface area contributed by atoms with Gasteiger partial charge in [-0.2, -0.15) is 0 Å². The highest BCUT2D eigenvalue weighted by atomic mass is 79.9. The van der Waals surface area contributed by atoms with Crippen LogP contribution in [0.3, 0.4) is 0 Å². The van der Waals surface area contributed by atoms with Gasteiger partial charge in [-0.15, -0.1) is 17.0 Å². The molecule has 0 spiro atoms. The van der Waals surface area contributed by atoms with E-state index in [1.165, 1.54) is 94.6 Å². The van der Waals surface area contributed by atoms with Crippen molar-refractivity contribution in [2.75, 3.05) is 0 Å². The third-order valence-electron chi connectivity index (χ3n) is 5.01. The predicted molar refractivity (Wildman–Crippen MR) is 119 cm³/mol. The fourth-order valence-electron chi connectivity index (χ4n) is 3.52. The van der Waals surface area contributed by atoms with Crippen LogP contribution in [0.4, 0.5) is 0 Å². The molecule has 0 aliphatic carbocycles. The van der Waals surface area contributed by atoms with Crippen LogP contribution in [-0.4, -0.2) is 0 Å². The molecule has 0 saturated carbocycles. The molecule has 0 atom stereocenters. The van der Waals surface area contributed by atoms with Crippen molar-refractivity contribution in [2.45, 2.75) is 110 Å². The van der Waals surface area contributed by atoms with E-state index in [2.05, 4.69) is 45.0 Å². The highest BCUT2D eigenvalue weighted by Crippen LogP contribution is 2.23. The van der Waals surface area contributed by atoms with E-state index in [4.69, 9.17) is 5.73 Å². The summed E-state index contributed by atoms with van der Waals surface area (Å²) in [5.74, 6) is 0. The van der Waals surface area contributed by atoms with Crippen LogP contribution >= 0.6 is 17.0 Å². The van der Waals surface area contributed by atoms with E-state index in [1.807, 2.05) is 0 Å². The smallest absolute Gasteiger partial charge is 0.0355 e. The van der Waals surface area contributed by atoms with E-state index in [-0.39, 0.29) is 22.5 Å². The van der Waals surface area contributed by atoms with Crippen LogP contribution in [0.5, 0.6) is 0 Å². The van der Waals surface area contributed by atoms with Gasteiger partial charge in [0, 0.05) is 5.54 Å². The largest absolute Gasteiger partial charge is 0.322 e. The molecule has 0 heterocycles. The van der Waals surface area contributed by atoms with E-state index >= 15 is 0 Å². The minimum absolute atomic E-state index is 0. The highest BCUT2D eigenvalue weighted by molar-refractivity contribution is 8.93. The molecule has 0 unspecified atom stereocenters. The van der Waals surface area contributed by atoms with Gasteiger partial charge >= 0.3 is 0 Å². The lowest BCUT2D eigenvalue weighted by Crippen LogP contribution is -2.30. The van der Waals surface area contributed by atoms with E-state index in [0.29, 0.717) is 0 Å². The molecular weight excluding hydrogens is 370 g/mol. The lowest BCUT2D eigenvalue weighted by molar-refractivity contribution is 0.535. The Balaban J connectivity index is 0.00000576. The van der Waals surface area contributed by atoms with Gasteiger partial charge < -0.3 is 5.73 Å². The van der Waals surface area contributed by atoms with Crippen molar-refractivity contribution in [3.63, 3.8) is 0 Å². The summed E-state index contributed by atoms with van der Waals surface area (Å²) in [4.78, 5) is 0. The predicted octanol–water partition coefficient (Wildman–Crippen LogP) is 7.70. The van der Waals surface area contributed by atoms with Crippen LogP contribution in [0.15, 0.2) is 24.3 Å². The maximum absolute atomic E-state index is 6.29. The minimum Gasteiger partial charge on any atom is -0.322 e. The standard InChI is InChI=1S/C23H41N.BrH/c1-4-5-6-7-8-9-10-11-12-13-14-15-18-21-19-16-17-20-22(21)23(2,3)24;/h16-17,19-20H,4-15,18,24H2,1-3H3;1H. The maximum Gasteiger partial charge on any atom is 0.0355 e. The average molecular weight is 413 g/mol. The Kier molecular flexibility index (Phi) is 14.6. The van der Waals surface area contributed by atoms with Crippen molar-refractivity contribution in [3.05, 3.63) is 35.4 Å². The molecule has 0 aromatic heterocycles. The molecule has 25 heavy (non-hydrogen) atoms. The molecule has 0 aliphatic rings. The lowest BCUT2D eigenvalue weighted by atomic mass is 9.89. The van der Waals surface area contributed by atoms with E-state index in [0.717, 1.165) is 0 Å². The minimum atomic E-state index is -0.228. The summed E-state index contributed by atoms with van der Waals surface area (Å²) in [5.41, 5.74) is 8.82. The molecular formula is C23H42BrN. The summed E-state index contributed by atoms with van der Waals surface area (Å²) in [5, 5.41) is 0. The molecule has 0 amide bonds. The fraction of sp³-hybridized carbons (Fsp3) is 0.739. The molecule has 2 N–H and O–H groups in total. The van der Waals surface area contributed by atoms with Crippen LogP contribution in [0, 0.1) is 0 Å². The molecule has 0 radical (unpaired) electrons. The van der Waals surface area contributed by atoms with Crippen molar-refractivity contribution in [2.24, 2.45) is 5.73 Å². The maximum atomic E-state index is 6.29. The third kappa shape index (κ3) is 11.8. The number of rotatable bonds is 14. The summed E-state index contributed by atoms with van der Waals surface area (Å²) in [6.07, 6.45) is 18.1. The van der Waals surface area contributed by atoms with Crippen molar-refractivity contribution in [1.82, 2.24) is 0 Å². The Hall–Kier alpha value is -0.340.